The minimum absolute atomic E-state index is 0.0843. The molecule has 0 atom stereocenters. The maximum atomic E-state index is 9.86. The van der Waals surface area contributed by atoms with Crippen molar-refractivity contribution in [2.75, 3.05) is 12.8 Å². The van der Waals surface area contributed by atoms with Crippen molar-refractivity contribution in [1.29, 1.82) is 0 Å². The molecule has 1 aromatic rings. The molecule has 1 aliphatic rings. The van der Waals surface area contributed by atoms with Gasteiger partial charge in [-0.3, -0.25) is 0 Å². The van der Waals surface area contributed by atoms with Gasteiger partial charge in [0.15, 0.2) is 0 Å². The molecule has 0 unspecified atom stereocenters. The van der Waals surface area contributed by atoms with Crippen molar-refractivity contribution >= 4 is 11.8 Å². The highest BCUT2D eigenvalue weighted by molar-refractivity contribution is 7.98. The Morgan fingerprint density at radius 3 is 2.64 bits per heavy atom. The van der Waals surface area contributed by atoms with Crippen LogP contribution in [-0.4, -0.2) is 17.9 Å². The highest BCUT2D eigenvalue weighted by Gasteiger charge is 2.44. The summed E-state index contributed by atoms with van der Waals surface area (Å²) in [5, 5.41) is 9.86. The van der Waals surface area contributed by atoms with Crippen LogP contribution in [0.4, 0.5) is 0 Å². The molecule has 2 rings (SSSR count). The van der Waals surface area contributed by atoms with Crippen molar-refractivity contribution in [3.05, 3.63) is 23.8 Å². The standard InChI is InChI=1S/C11H15NOS/c1-14-8-2-3-9(10(13)6-8)11(7-12)4-5-11/h2-3,6,13H,4-5,7,12H2,1H3. The van der Waals surface area contributed by atoms with Gasteiger partial charge in [0.1, 0.15) is 5.75 Å². The molecule has 0 spiro atoms. The lowest BCUT2D eigenvalue weighted by Gasteiger charge is -2.14. The molecule has 3 N–H and O–H groups in total. The number of phenols is 1. The van der Waals surface area contributed by atoms with E-state index in [-0.39, 0.29) is 5.41 Å². The summed E-state index contributed by atoms with van der Waals surface area (Å²) in [5.74, 6) is 0.403. The second-order valence-electron chi connectivity index (χ2n) is 3.87. The summed E-state index contributed by atoms with van der Waals surface area (Å²) in [6, 6.07) is 5.90. The third-order valence-corrected chi connectivity index (χ3v) is 3.75. The number of hydrogen-bond acceptors (Lipinski definition) is 3. The van der Waals surface area contributed by atoms with Gasteiger partial charge in [-0.05, 0) is 31.2 Å². The molecule has 0 aliphatic heterocycles. The quantitative estimate of drug-likeness (QED) is 0.749. The van der Waals surface area contributed by atoms with E-state index in [0.29, 0.717) is 12.3 Å². The Morgan fingerprint density at radius 1 is 1.50 bits per heavy atom. The van der Waals surface area contributed by atoms with Crippen LogP contribution in [0.2, 0.25) is 0 Å². The molecule has 0 heterocycles. The second-order valence-corrected chi connectivity index (χ2v) is 4.75. The van der Waals surface area contributed by atoms with Crippen LogP contribution in [0.15, 0.2) is 23.1 Å². The Balaban J connectivity index is 2.36. The summed E-state index contributed by atoms with van der Waals surface area (Å²) in [6.45, 7) is 0.638. The first-order valence-corrected chi connectivity index (χ1v) is 6.02. The minimum Gasteiger partial charge on any atom is -0.508 e. The monoisotopic (exact) mass is 209 g/mol. The van der Waals surface area contributed by atoms with Crippen molar-refractivity contribution in [1.82, 2.24) is 0 Å². The largest absolute Gasteiger partial charge is 0.508 e. The third kappa shape index (κ3) is 1.51. The van der Waals surface area contributed by atoms with Gasteiger partial charge in [-0.2, -0.15) is 0 Å². The first-order chi connectivity index (χ1) is 6.72. The normalized spacial score (nSPS) is 18.1. The summed E-state index contributed by atoms with van der Waals surface area (Å²) in [7, 11) is 0. The van der Waals surface area contributed by atoms with Crippen molar-refractivity contribution in [2.45, 2.75) is 23.2 Å². The van der Waals surface area contributed by atoms with Gasteiger partial charge in [0, 0.05) is 22.4 Å². The van der Waals surface area contributed by atoms with Crippen LogP contribution in [0, 0.1) is 0 Å². The molecule has 76 valence electrons. The van der Waals surface area contributed by atoms with Crippen LogP contribution >= 0.6 is 11.8 Å². The Hall–Kier alpha value is -0.670. The summed E-state index contributed by atoms with van der Waals surface area (Å²) in [4.78, 5) is 1.10. The number of phenolic OH excluding ortho intramolecular Hbond substituents is 1. The molecule has 1 saturated carbocycles. The second kappa shape index (κ2) is 3.48. The predicted octanol–water partition coefficient (Wildman–Crippen LogP) is 2.10. The van der Waals surface area contributed by atoms with Gasteiger partial charge in [0.2, 0.25) is 0 Å². The van der Waals surface area contributed by atoms with Crippen molar-refractivity contribution < 1.29 is 5.11 Å². The summed E-state index contributed by atoms with van der Waals surface area (Å²) < 4.78 is 0. The molecule has 0 aromatic heterocycles. The van der Waals surface area contributed by atoms with E-state index in [1.165, 1.54) is 0 Å². The smallest absolute Gasteiger partial charge is 0.120 e. The minimum atomic E-state index is 0.0843. The molecule has 0 saturated heterocycles. The van der Waals surface area contributed by atoms with Crippen LogP contribution in [0.3, 0.4) is 0 Å². The fraction of sp³-hybridized carbons (Fsp3) is 0.455. The van der Waals surface area contributed by atoms with Gasteiger partial charge in [-0.15, -0.1) is 11.8 Å². The fourth-order valence-corrected chi connectivity index (χ4v) is 2.25. The van der Waals surface area contributed by atoms with Crippen molar-refractivity contribution in [3.8, 4) is 5.75 Å². The van der Waals surface area contributed by atoms with Crippen LogP contribution < -0.4 is 5.73 Å². The zero-order valence-electron chi connectivity index (χ0n) is 8.29. The zero-order valence-corrected chi connectivity index (χ0v) is 9.10. The molecule has 2 nitrogen and oxygen atoms in total. The summed E-state index contributed by atoms with van der Waals surface area (Å²) in [5.41, 5.74) is 6.83. The van der Waals surface area contributed by atoms with Gasteiger partial charge in [0.25, 0.3) is 0 Å². The first-order valence-electron chi connectivity index (χ1n) is 4.79. The fourth-order valence-electron chi connectivity index (χ4n) is 1.82. The van der Waals surface area contributed by atoms with Crippen LogP contribution in [-0.2, 0) is 5.41 Å². The molecule has 1 aliphatic carbocycles. The average Bonchev–Trinajstić information content (AvgIpc) is 2.98. The maximum absolute atomic E-state index is 9.86. The Bertz CT molecular complexity index is 347. The zero-order chi connectivity index (χ0) is 10.2. The highest BCUT2D eigenvalue weighted by Crippen LogP contribution is 2.50. The molecule has 1 fully saturated rings. The summed E-state index contributed by atoms with van der Waals surface area (Å²) in [6.07, 6.45) is 4.22. The average molecular weight is 209 g/mol. The molecular formula is C11H15NOS. The van der Waals surface area contributed by atoms with E-state index in [9.17, 15) is 5.11 Å². The molecule has 0 amide bonds. The number of benzene rings is 1. The maximum Gasteiger partial charge on any atom is 0.120 e. The lowest BCUT2D eigenvalue weighted by atomic mass is 9.95. The van der Waals surface area contributed by atoms with Gasteiger partial charge >= 0.3 is 0 Å². The topological polar surface area (TPSA) is 46.2 Å². The molecule has 0 radical (unpaired) electrons. The SMILES string of the molecule is CSc1ccc(C2(CN)CC2)c(O)c1. The Kier molecular flexibility index (Phi) is 2.45. The van der Waals surface area contributed by atoms with E-state index in [4.69, 9.17) is 5.73 Å². The van der Waals surface area contributed by atoms with E-state index < -0.39 is 0 Å². The van der Waals surface area contributed by atoms with E-state index in [1.54, 1.807) is 11.8 Å². The van der Waals surface area contributed by atoms with Gasteiger partial charge < -0.3 is 10.8 Å². The van der Waals surface area contributed by atoms with E-state index in [1.807, 2.05) is 18.4 Å². The Labute approximate surface area is 88.5 Å². The third-order valence-electron chi connectivity index (χ3n) is 3.02. The van der Waals surface area contributed by atoms with Gasteiger partial charge in [-0.25, -0.2) is 0 Å². The number of rotatable bonds is 3. The van der Waals surface area contributed by atoms with Crippen LogP contribution in [0.1, 0.15) is 18.4 Å². The van der Waals surface area contributed by atoms with Crippen LogP contribution in [0.5, 0.6) is 5.75 Å². The number of aromatic hydroxyl groups is 1. The van der Waals surface area contributed by atoms with Gasteiger partial charge in [-0.1, -0.05) is 6.07 Å². The number of nitrogens with two attached hydrogens (primary N) is 1. The molecule has 0 bridgehead atoms. The first kappa shape index (κ1) is 9.87. The lowest BCUT2D eigenvalue weighted by Crippen LogP contribution is -2.19. The molecule has 1 aromatic carbocycles. The van der Waals surface area contributed by atoms with E-state index in [0.717, 1.165) is 23.3 Å². The molecule has 14 heavy (non-hydrogen) atoms. The lowest BCUT2D eigenvalue weighted by molar-refractivity contribution is 0.457. The molecular weight excluding hydrogens is 194 g/mol. The number of hydrogen-bond donors (Lipinski definition) is 2. The van der Waals surface area contributed by atoms with Crippen LogP contribution in [0.25, 0.3) is 0 Å². The van der Waals surface area contributed by atoms with Gasteiger partial charge in [0.05, 0.1) is 0 Å². The van der Waals surface area contributed by atoms with E-state index in [2.05, 4.69) is 6.07 Å². The number of thioether (sulfide) groups is 1. The van der Waals surface area contributed by atoms with Crippen molar-refractivity contribution in [3.63, 3.8) is 0 Å². The van der Waals surface area contributed by atoms with E-state index >= 15 is 0 Å². The van der Waals surface area contributed by atoms with Crippen molar-refractivity contribution in [2.24, 2.45) is 5.73 Å². The molecule has 3 heteroatoms. The highest BCUT2D eigenvalue weighted by atomic mass is 32.2. The Morgan fingerprint density at radius 2 is 2.21 bits per heavy atom. The summed E-state index contributed by atoms with van der Waals surface area (Å²) >= 11 is 1.64. The predicted molar refractivity (Wildman–Crippen MR) is 59.9 cm³/mol.